The van der Waals surface area contributed by atoms with Crippen molar-refractivity contribution >= 4 is 33.3 Å². The highest BCUT2D eigenvalue weighted by atomic mass is 32.1. The second-order valence-corrected chi connectivity index (χ2v) is 8.87. The number of nitrogens with zero attached hydrogens (tertiary/aromatic N) is 2. The zero-order valence-electron chi connectivity index (χ0n) is 18.7. The number of nitrogens with one attached hydrogen (secondary N) is 2. The first kappa shape index (κ1) is 21.8. The van der Waals surface area contributed by atoms with Crippen LogP contribution in [0.3, 0.4) is 0 Å². The number of aromatic nitrogens is 2. The third kappa shape index (κ3) is 4.73. The van der Waals surface area contributed by atoms with Gasteiger partial charge in [-0.3, -0.25) is 4.79 Å². The van der Waals surface area contributed by atoms with Gasteiger partial charge in [-0.05, 0) is 61.7 Å². The molecule has 0 atom stereocenters. The first-order valence-corrected chi connectivity index (χ1v) is 11.2. The minimum atomic E-state index is -0.0992. The number of aryl methyl sites for hydroxylation is 3. The van der Waals surface area contributed by atoms with Crippen LogP contribution in [0.15, 0.2) is 48.5 Å². The molecule has 2 N–H and O–H groups in total. The van der Waals surface area contributed by atoms with E-state index in [2.05, 4.69) is 34.4 Å². The molecule has 0 aliphatic rings. The molecule has 32 heavy (non-hydrogen) atoms. The van der Waals surface area contributed by atoms with Gasteiger partial charge in [-0.2, -0.15) is 0 Å². The van der Waals surface area contributed by atoms with E-state index in [1.54, 1.807) is 18.4 Å². The van der Waals surface area contributed by atoms with Crippen molar-refractivity contribution < 1.29 is 9.53 Å². The fraction of sp³-hybridized carbons (Fsp3) is 0.240. The standard InChI is InChI=1S/C25H26N4O2S/c1-15-16(2)32-25-22(15)23(28-17(3)29-25)26-13-18-5-9-20(10-6-18)24(30)27-14-19-7-11-21(31-4)12-8-19/h5-12H,13-14H2,1-4H3,(H,27,30)(H,26,28,29). The van der Waals surface area contributed by atoms with Gasteiger partial charge in [0.25, 0.3) is 5.91 Å². The maximum Gasteiger partial charge on any atom is 0.251 e. The van der Waals surface area contributed by atoms with Crippen LogP contribution in [0.25, 0.3) is 10.2 Å². The predicted molar refractivity (Wildman–Crippen MR) is 130 cm³/mol. The van der Waals surface area contributed by atoms with Crippen molar-refractivity contribution in [2.45, 2.75) is 33.9 Å². The van der Waals surface area contributed by atoms with Crippen molar-refractivity contribution in [3.8, 4) is 5.75 Å². The maximum absolute atomic E-state index is 12.5. The van der Waals surface area contributed by atoms with Crippen molar-refractivity contribution in [3.05, 3.63) is 81.5 Å². The molecule has 0 radical (unpaired) electrons. The summed E-state index contributed by atoms with van der Waals surface area (Å²) in [7, 11) is 1.63. The lowest BCUT2D eigenvalue weighted by molar-refractivity contribution is 0.0951. The van der Waals surface area contributed by atoms with Crippen molar-refractivity contribution in [2.75, 3.05) is 12.4 Å². The van der Waals surface area contributed by atoms with E-state index in [0.29, 0.717) is 18.7 Å². The zero-order chi connectivity index (χ0) is 22.7. The van der Waals surface area contributed by atoms with Gasteiger partial charge in [0.15, 0.2) is 0 Å². The highest BCUT2D eigenvalue weighted by Crippen LogP contribution is 2.33. The van der Waals surface area contributed by atoms with E-state index in [4.69, 9.17) is 4.74 Å². The van der Waals surface area contributed by atoms with Crippen LogP contribution < -0.4 is 15.4 Å². The number of carbonyl (C=O) groups is 1. The molecule has 0 saturated carbocycles. The van der Waals surface area contributed by atoms with Crippen molar-refractivity contribution in [3.63, 3.8) is 0 Å². The molecule has 1 amide bonds. The number of thiophene rings is 1. The molecule has 0 unspecified atom stereocenters. The maximum atomic E-state index is 12.5. The molecule has 2 aromatic carbocycles. The first-order chi connectivity index (χ1) is 15.4. The van der Waals surface area contributed by atoms with Crippen molar-refractivity contribution in [2.24, 2.45) is 0 Å². The van der Waals surface area contributed by atoms with E-state index in [9.17, 15) is 4.79 Å². The Balaban J connectivity index is 1.38. The summed E-state index contributed by atoms with van der Waals surface area (Å²) in [5.41, 5.74) is 3.94. The van der Waals surface area contributed by atoms with Gasteiger partial charge in [-0.15, -0.1) is 11.3 Å². The average Bonchev–Trinajstić information content (AvgIpc) is 3.09. The van der Waals surface area contributed by atoms with Crippen molar-refractivity contribution in [1.82, 2.24) is 15.3 Å². The summed E-state index contributed by atoms with van der Waals surface area (Å²) < 4.78 is 5.16. The Bertz CT molecular complexity index is 1250. The summed E-state index contributed by atoms with van der Waals surface area (Å²) in [4.78, 5) is 23.9. The largest absolute Gasteiger partial charge is 0.497 e. The third-order valence-corrected chi connectivity index (χ3v) is 6.53. The van der Waals surface area contributed by atoms with Crippen LogP contribution in [0.1, 0.15) is 37.7 Å². The van der Waals surface area contributed by atoms with Crippen LogP contribution >= 0.6 is 11.3 Å². The molecular weight excluding hydrogens is 420 g/mol. The first-order valence-electron chi connectivity index (χ1n) is 10.4. The fourth-order valence-electron chi connectivity index (χ4n) is 3.47. The molecule has 0 aliphatic carbocycles. The number of amides is 1. The highest BCUT2D eigenvalue weighted by Gasteiger charge is 2.13. The van der Waals surface area contributed by atoms with Crippen LogP contribution in [-0.4, -0.2) is 23.0 Å². The molecule has 2 heterocycles. The summed E-state index contributed by atoms with van der Waals surface area (Å²) in [6.07, 6.45) is 0. The van der Waals surface area contributed by atoms with E-state index in [-0.39, 0.29) is 5.91 Å². The average molecular weight is 447 g/mol. The Labute approximate surface area is 191 Å². The number of anilines is 1. The SMILES string of the molecule is COc1ccc(CNC(=O)c2ccc(CNc3nc(C)nc4sc(C)c(C)c34)cc2)cc1. The van der Waals surface area contributed by atoms with E-state index in [1.807, 2.05) is 55.5 Å². The summed E-state index contributed by atoms with van der Waals surface area (Å²) in [6.45, 7) is 7.22. The Hall–Kier alpha value is -3.45. The molecule has 0 spiro atoms. The summed E-state index contributed by atoms with van der Waals surface area (Å²) >= 11 is 1.70. The molecule has 0 fully saturated rings. The molecule has 6 nitrogen and oxygen atoms in total. The quantitative estimate of drug-likeness (QED) is 0.410. The normalized spacial score (nSPS) is 10.9. The number of rotatable bonds is 7. The third-order valence-electron chi connectivity index (χ3n) is 5.43. The summed E-state index contributed by atoms with van der Waals surface area (Å²) in [5, 5.41) is 7.49. The second-order valence-electron chi connectivity index (χ2n) is 7.66. The lowest BCUT2D eigenvalue weighted by atomic mass is 10.1. The van der Waals surface area contributed by atoms with E-state index in [0.717, 1.165) is 38.7 Å². The molecule has 4 aromatic rings. The smallest absolute Gasteiger partial charge is 0.251 e. The van der Waals surface area contributed by atoms with Gasteiger partial charge >= 0.3 is 0 Å². The molecule has 7 heteroatoms. The molecule has 164 valence electrons. The minimum Gasteiger partial charge on any atom is -0.497 e. The molecule has 0 saturated heterocycles. The summed E-state index contributed by atoms with van der Waals surface area (Å²) in [5.74, 6) is 2.31. The highest BCUT2D eigenvalue weighted by molar-refractivity contribution is 7.18. The summed E-state index contributed by atoms with van der Waals surface area (Å²) in [6, 6.07) is 15.3. The topological polar surface area (TPSA) is 76.1 Å². The van der Waals surface area contributed by atoms with Gasteiger partial charge in [0, 0.05) is 23.5 Å². The van der Waals surface area contributed by atoms with Gasteiger partial charge in [0.1, 0.15) is 22.2 Å². The monoisotopic (exact) mass is 446 g/mol. The van der Waals surface area contributed by atoms with Gasteiger partial charge in [0.2, 0.25) is 0 Å². The van der Waals surface area contributed by atoms with Gasteiger partial charge in [-0.25, -0.2) is 9.97 Å². The van der Waals surface area contributed by atoms with Gasteiger partial charge < -0.3 is 15.4 Å². The van der Waals surface area contributed by atoms with Crippen LogP contribution in [0.2, 0.25) is 0 Å². The fourth-order valence-corrected chi connectivity index (χ4v) is 4.55. The Morgan fingerprint density at radius 3 is 2.28 bits per heavy atom. The second kappa shape index (κ2) is 9.36. The van der Waals surface area contributed by atoms with E-state index in [1.165, 1.54) is 10.4 Å². The van der Waals surface area contributed by atoms with Crippen LogP contribution in [0, 0.1) is 20.8 Å². The van der Waals surface area contributed by atoms with Gasteiger partial charge in [-0.1, -0.05) is 24.3 Å². The van der Waals surface area contributed by atoms with Crippen molar-refractivity contribution in [1.29, 1.82) is 0 Å². The Kier molecular flexibility index (Phi) is 6.37. The molecule has 0 aliphatic heterocycles. The number of hydrogen-bond acceptors (Lipinski definition) is 6. The number of fused-ring (bicyclic) bond motifs is 1. The molecule has 4 rings (SSSR count). The number of methoxy groups -OCH3 is 1. The molecule has 2 aromatic heterocycles. The van der Waals surface area contributed by atoms with E-state index >= 15 is 0 Å². The zero-order valence-corrected chi connectivity index (χ0v) is 19.5. The predicted octanol–water partition coefficient (Wildman–Crippen LogP) is 5.17. The molecule has 0 bridgehead atoms. The van der Waals surface area contributed by atoms with E-state index < -0.39 is 0 Å². The number of hydrogen-bond donors (Lipinski definition) is 2. The lowest BCUT2D eigenvalue weighted by Crippen LogP contribution is -2.22. The number of carbonyl (C=O) groups excluding carboxylic acids is 1. The van der Waals surface area contributed by atoms with Gasteiger partial charge in [0.05, 0.1) is 12.5 Å². The van der Waals surface area contributed by atoms with Crippen LogP contribution in [0.5, 0.6) is 5.75 Å². The van der Waals surface area contributed by atoms with Crippen LogP contribution in [0.4, 0.5) is 5.82 Å². The number of benzene rings is 2. The lowest BCUT2D eigenvalue weighted by Gasteiger charge is -2.10. The minimum absolute atomic E-state index is 0.0992. The Morgan fingerprint density at radius 2 is 1.59 bits per heavy atom. The molecular formula is C25H26N4O2S. The van der Waals surface area contributed by atoms with Crippen LogP contribution in [-0.2, 0) is 13.1 Å². The number of ether oxygens (including phenoxy) is 1. The Morgan fingerprint density at radius 1 is 0.938 bits per heavy atom.